The van der Waals surface area contributed by atoms with E-state index in [0.29, 0.717) is 26.0 Å². The van der Waals surface area contributed by atoms with Gasteiger partial charge >= 0.3 is 0 Å². The van der Waals surface area contributed by atoms with E-state index in [1.165, 1.54) is 24.3 Å². The van der Waals surface area contributed by atoms with Crippen molar-refractivity contribution >= 4 is 33.2 Å². The van der Waals surface area contributed by atoms with Crippen LogP contribution in [0, 0.1) is 5.82 Å². The molecule has 35 heavy (non-hydrogen) atoms. The molecule has 186 valence electrons. The topological polar surface area (TPSA) is 75.7 Å². The summed E-state index contributed by atoms with van der Waals surface area (Å²) in [4.78, 5) is 12.7. The molecular weight excluding hydrogens is 491 g/mol. The number of halogens is 2. The fourth-order valence-electron chi connectivity index (χ4n) is 3.43. The number of para-hydroxylation sites is 1. The second kappa shape index (κ2) is 12.6. The number of carbonyl (C=O) groups is 1. The van der Waals surface area contributed by atoms with E-state index in [1.54, 1.807) is 18.2 Å². The molecule has 9 heteroatoms. The maximum absolute atomic E-state index is 13.7. The smallest absolute Gasteiger partial charge is 0.264 e. The van der Waals surface area contributed by atoms with Crippen LogP contribution in [0.25, 0.3) is 0 Å². The molecule has 0 unspecified atom stereocenters. The Hall–Kier alpha value is -3.10. The summed E-state index contributed by atoms with van der Waals surface area (Å²) in [6.45, 7) is 2.55. The minimum Gasteiger partial charge on any atom is -0.493 e. The first-order valence-electron chi connectivity index (χ1n) is 11.3. The van der Waals surface area contributed by atoms with Crippen LogP contribution < -0.4 is 14.4 Å². The molecule has 0 spiro atoms. The lowest BCUT2D eigenvalue weighted by Crippen LogP contribution is -2.41. The van der Waals surface area contributed by atoms with Crippen molar-refractivity contribution in [2.45, 2.75) is 31.1 Å². The van der Waals surface area contributed by atoms with E-state index in [9.17, 15) is 17.6 Å². The highest BCUT2D eigenvalue weighted by Gasteiger charge is 2.27. The van der Waals surface area contributed by atoms with E-state index in [4.69, 9.17) is 16.3 Å². The molecule has 3 aromatic rings. The molecule has 1 N–H and O–H groups in total. The van der Waals surface area contributed by atoms with E-state index in [-0.39, 0.29) is 15.6 Å². The second-order valence-corrected chi connectivity index (χ2v) is 10.1. The van der Waals surface area contributed by atoms with Crippen molar-refractivity contribution in [2.75, 3.05) is 24.0 Å². The van der Waals surface area contributed by atoms with E-state index >= 15 is 0 Å². The summed E-state index contributed by atoms with van der Waals surface area (Å²) in [5, 5.41) is 2.54. The van der Waals surface area contributed by atoms with Crippen molar-refractivity contribution < 1.29 is 22.3 Å². The third-order valence-corrected chi connectivity index (χ3v) is 7.27. The first-order chi connectivity index (χ1) is 16.8. The van der Waals surface area contributed by atoms with Gasteiger partial charge in [0.15, 0.2) is 0 Å². The van der Waals surface area contributed by atoms with Gasteiger partial charge in [0.05, 0.1) is 22.2 Å². The highest BCUT2D eigenvalue weighted by Crippen LogP contribution is 2.27. The first-order valence-corrected chi connectivity index (χ1v) is 13.1. The monoisotopic (exact) mass is 518 g/mol. The maximum Gasteiger partial charge on any atom is 0.264 e. The number of rotatable bonds is 12. The van der Waals surface area contributed by atoms with Gasteiger partial charge in [0.2, 0.25) is 5.91 Å². The van der Waals surface area contributed by atoms with Gasteiger partial charge in [-0.2, -0.15) is 0 Å². The zero-order valence-corrected chi connectivity index (χ0v) is 21.0. The summed E-state index contributed by atoms with van der Waals surface area (Å²) in [6.07, 6.45) is 2.25. The number of carbonyl (C=O) groups excluding carboxylic acids is 1. The van der Waals surface area contributed by atoms with E-state index in [0.717, 1.165) is 28.1 Å². The third-order valence-electron chi connectivity index (χ3n) is 5.19. The van der Waals surface area contributed by atoms with Crippen molar-refractivity contribution in [2.24, 2.45) is 0 Å². The lowest BCUT2D eigenvalue weighted by Gasteiger charge is -2.24. The van der Waals surface area contributed by atoms with Crippen molar-refractivity contribution in [3.05, 3.63) is 89.2 Å². The molecule has 0 saturated carbocycles. The predicted molar refractivity (Wildman–Crippen MR) is 136 cm³/mol. The average molecular weight is 519 g/mol. The fourth-order valence-corrected chi connectivity index (χ4v) is 5.04. The third kappa shape index (κ3) is 7.19. The van der Waals surface area contributed by atoms with Crippen molar-refractivity contribution in [3.63, 3.8) is 0 Å². The Labute approximate surface area is 210 Å². The van der Waals surface area contributed by atoms with Crippen LogP contribution in [0.2, 0.25) is 5.02 Å². The van der Waals surface area contributed by atoms with E-state index in [1.807, 2.05) is 31.2 Å². The molecule has 0 bridgehead atoms. The van der Waals surface area contributed by atoms with Gasteiger partial charge in [0, 0.05) is 6.54 Å². The number of nitrogens with one attached hydrogen (secondary N) is 1. The number of hydrogen-bond donors (Lipinski definition) is 1. The summed E-state index contributed by atoms with van der Waals surface area (Å²) in [7, 11) is -4.09. The standard InChI is InChI=1S/C26H28ClFN2O4S/c1-2-17-34-25-13-7-6-9-20(25)10-8-16-29-26(31)19-30(21-14-15-24(28)23(27)18-21)35(32,33)22-11-4-3-5-12-22/h3-7,9,11-15,18H,2,8,10,16-17,19H2,1H3,(H,29,31). The van der Waals surface area contributed by atoms with Crippen LogP contribution in [-0.4, -0.2) is 34.0 Å². The number of amides is 1. The zero-order valence-electron chi connectivity index (χ0n) is 19.4. The summed E-state index contributed by atoms with van der Waals surface area (Å²) < 4.78 is 47.0. The number of benzene rings is 3. The molecule has 3 aromatic carbocycles. The molecule has 0 heterocycles. The van der Waals surface area contributed by atoms with Crippen LogP contribution in [0.15, 0.2) is 77.7 Å². The normalized spacial score (nSPS) is 11.2. The van der Waals surface area contributed by atoms with Crippen LogP contribution in [0.3, 0.4) is 0 Å². The van der Waals surface area contributed by atoms with Crippen LogP contribution in [0.5, 0.6) is 5.75 Å². The minimum absolute atomic E-state index is 0.0110. The number of hydrogen-bond acceptors (Lipinski definition) is 4. The molecule has 0 fully saturated rings. The zero-order chi connectivity index (χ0) is 25.3. The molecule has 6 nitrogen and oxygen atoms in total. The number of ether oxygens (including phenoxy) is 1. The van der Waals surface area contributed by atoms with Crippen LogP contribution in [0.4, 0.5) is 10.1 Å². The molecule has 0 atom stereocenters. The summed E-state index contributed by atoms with van der Waals surface area (Å²) in [5.41, 5.74) is 1.14. The average Bonchev–Trinajstić information content (AvgIpc) is 2.86. The van der Waals surface area contributed by atoms with Crippen LogP contribution in [0.1, 0.15) is 25.3 Å². The van der Waals surface area contributed by atoms with Crippen molar-refractivity contribution in [1.29, 1.82) is 0 Å². The largest absolute Gasteiger partial charge is 0.493 e. The van der Waals surface area contributed by atoms with Gasteiger partial charge in [0.25, 0.3) is 10.0 Å². The number of sulfonamides is 1. The highest BCUT2D eigenvalue weighted by atomic mass is 35.5. The molecule has 3 rings (SSSR count). The summed E-state index contributed by atoms with van der Waals surface area (Å²) >= 11 is 5.89. The van der Waals surface area contributed by atoms with Gasteiger partial charge in [-0.05, 0) is 61.2 Å². The minimum atomic E-state index is -4.09. The first kappa shape index (κ1) is 26.5. The molecule has 0 saturated heterocycles. The van der Waals surface area contributed by atoms with Crippen LogP contribution >= 0.6 is 11.6 Å². The van der Waals surface area contributed by atoms with Gasteiger partial charge in [-0.15, -0.1) is 0 Å². The second-order valence-electron chi connectivity index (χ2n) is 7.83. The Morgan fingerprint density at radius 1 is 1.06 bits per heavy atom. The summed E-state index contributed by atoms with van der Waals surface area (Å²) in [6, 6.07) is 19.0. The Kier molecular flexibility index (Phi) is 9.51. The fraction of sp³-hybridized carbons (Fsp3) is 0.269. The Balaban J connectivity index is 1.68. The number of anilines is 1. The Bertz CT molecular complexity index is 1240. The number of aryl methyl sites for hydroxylation is 1. The van der Waals surface area contributed by atoms with Gasteiger partial charge in [-0.3, -0.25) is 9.10 Å². The lowest BCUT2D eigenvalue weighted by molar-refractivity contribution is -0.119. The molecule has 0 aliphatic rings. The molecule has 0 aromatic heterocycles. The van der Waals surface area contributed by atoms with Gasteiger partial charge in [-0.25, -0.2) is 12.8 Å². The van der Waals surface area contributed by atoms with E-state index in [2.05, 4.69) is 5.32 Å². The SMILES string of the molecule is CCCOc1ccccc1CCCNC(=O)CN(c1ccc(F)c(Cl)c1)S(=O)(=O)c1ccccc1. The molecular formula is C26H28ClFN2O4S. The molecule has 0 radical (unpaired) electrons. The number of nitrogens with zero attached hydrogens (tertiary/aromatic N) is 1. The lowest BCUT2D eigenvalue weighted by atomic mass is 10.1. The highest BCUT2D eigenvalue weighted by molar-refractivity contribution is 7.92. The van der Waals surface area contributed by atoms with Crippen LogP contribution in [-0.2, 0) is 21.2 Å². The van der Waals surface area contributed by atoms with Gasteiger partial charge in [-0.1, -0.05) is 54.9 Å². The Morgan fingerprint density at radius 3 is 2.49 bits per heavy atom. The maximum atomic E-state index is 13.7. The Morgan fingerprint density at radius 2 is 1.77 bits per heavy atom. The molecule has 0 aliphatic heterocycles. The van der Waals surface area contributed by atoms with Gasteiger partial charge in [0.1, 0.15) is 18.1 Å². The predicted octanol–water partition coefficient (Wildman–Crippen LogP) is 5.21. The van der Waals surface area contributed by atoms with Gasteiger partial charge < -0.3 is 10.1 Å². The quantitative estimate of drug-likeness (QED) is 0.334. The molecule has 0 aliphatic carbocycles. The van der Waals surface area contributed by atoms with Crippen molar-refractivity contribution in [1.82, 2.24) is 5.32 Å². The van der Waals surface area contributed by atoms with E-state index < -0.39 is 28.3 Å². The summed E-state index contributed by atoms with van der Waals surface area (Å²) in [5.74, 6) is -0.338. The molecule has 1 amide bonds. The van der Waals surface area contributed by atoms with Crippen molar-refractivity contribution in [3.8, 4) is 5.75 Å².